The van der Waals surface area contributed by atoms with Crippen LogP contribution >= 0.6 is 0 Å². The fourth-order valence-electron chi connectivity index (χ4n) is 1.70. The Labute approximate surface area is 71.6 Å². The Morgan fingerprint density at radius 1 is 1.58 bits per heavy atom. The van der Waals surface area contributed by atoms with Gasteiger partial charge in [0.25, 0.3) is 0 Å². The number of Topliss-reactive ketones (excluding diaryl/α,β-unsaturated/α-hetero) is 1. The summed E-state index contributed by atoms with van der Waals surface area (Å²) in [5.74, 6) is 2.15. The number of hydrogen-bond donors (Lipinski definition) is 0. The molecule has 1 atom stereocenters. The zero-order valence-corrected chi connectivity index (χ0v) is 7.39. The van der Waals surface area contributed by atoms with Crippen LogP contribution in [0.15, 0.2) is 10.5 Å². The standard InChI is InChI=1S/C10H12O2/c1-6-3-4-9-8(10(6)11)5-7(2)12-9/h5-6H,3-4H2,1-2H3. The number of rotatable bonds is 0. The summed E-state index contributed by atoms with van der Waals surface area (Å²) in [6, 6.07) is 1.85. The molecule has 0 amide bonds. The lowest BCUT2D eigenvalue weighted by atomic mass is 9.88. The van der Waals surface area contributed by atoms with Gasteiger partial charge in [0.1, 0.15) is 11.5 Å². The molecule has 0 spiro atoms. The molecule has 1 aromatic rings. The van der Waals surface area contributed by atoms with Crippen LogP contribution in [0, 0.1) is 12.8 Å². The van der Waals surface area contributed by atoms with Crippen LogP contribution in [0.2, 0.25) is 0 Å². The van der Waals surface area contributed by atoms with Gasteiger partial charge in [-0.05, 0) is 19.4 Å². The Kier molecular flexibility index (Phi) is 1.56. The van der Waals surface area contributed by atoms with Gasteiger partial charge in [-0.1, -0.05) is 6.92 Å². The van der Waals surface area contributed by atoms with Gasteiger partial charge >= 0.3 is 0 Å². The maximum absolute atomic E-state index is 11.6. The van der Waals surface area contributed by atoms with Crippen molar-refractivity contribution in [2.75, 3.05) is 0 Å². The van der Waals surface area contributed by atoms with Crippen molar-refractivity contribution < 1.29 is 9.21 Å². The average molecular weight is 164 g/mol. The van der Waals surface area contributed by atoms with E-state index in [-0.39, 0.29) is 11.7 Å². The van der Waals surface area contributed by atoms with E-state index in [9.17, 15) is 4.79 Å². The molecule has 0 radical (unpaired) electrons. The summed E-state index contributed by atoms with van der Waals surface area (Å²) in [4.78, 5) is 11.6. The Morgan fingerprint density at radius 3 is 3.08 bits per heavy atom. The molecule has 1 unspecified atom stereocenters. The van der Waals surface area contributed by atoms with E-state index >= 15 is 0 Å². The van der Waals surface area contributed by atoms with Gasteiger partial charge in [0.15, 0.2) is 5.78 Å². The Balaban J connectivity index is 2.48. The molecule has 64 valence electrons. The fraction of sp³-hybridized carbons (Fsp3) is 0.500. The van der Waals surface area contributed by atoms with Crippen LogP contribution in [0.1, 0.15) is 35.2 Å². The zero-order chi connectivity index (χ0) is 8.72. The molecule has 1 aliphatic carbocycles. The topological polar surface area (TPSA) is 30.2 Å². The van der Waals surface area contributed by atoms with Gasteiger partial charge in [-0.2, -0.15) is 0 Å². The van der Waals surface area contributed by atoms with E-state index < -0.39 is 0 Å². The van der Waals surface area contributed by atoms with Gasteiger partial charge in [-0.25, -0.2) is 0 Å². The zero-order valence-electron chi connectivity index (χ0n) is 7.39. The molecule has 0 saturated heterocycles. The second-order valence-corrected chi connectivity index (χ2v) is 3.50. The van der Waals surface area contributed by atoms with Crippen LogP contribution in [0.3, 0.4) is 0 Å². The van der Waals surface area contributed by atoms with Crippen LogP contribution in [-0.4, -0.2) is 5.78 Å². The van der Waals surface area contributed by atoms with Gasteiger partial charge in [0, 0.05) is 12.3 Å². The highest BCUT2D eigenvalue weighted by Crippen LogP contribution is 2.27. The van der Waals surface area contributed by atoms with Crippen molar-refractivity contribution in [3.63, 3.8) is 0 Å². The third-order valence-electron chi connectivity index (χ3n) is 2.45. The first kappa shape index (κ1) is 7.59. The van der Waals surface area contributed by atoms with Crippen molar-refractivity contribution in [3.05, 3.63) is 23.2 Å². The summed E-state index contributed by atoms with van der Waals surface area (Å²) in [6.07, 6.45) is 1.84. The number of aryl methyl sites for hydroxylation is 2. The normalized spacial score (nSPS) is 22.5. The molecule has 0 fully saturated rings. The Morgan fingerprint density at radius 2 is 2.33 bits per heavy atom. The highest BCUT2D eigenvalue weighted by atomic mass is 16.3. The number of hydrogen-bond acceptors (Lipinski definition) is 2. The molecular weight excluding hydrogens is 152 g/mol. The number of carbonyl (C=O) groups excluding carboxylic acids is 1. The van der Waals surface area contributed by atoms with Crippen molar-refractivity contribution >= 4 is 5.78 Å². The van der Waals surface area contributed by atoms with Gasteiger partial charge in [-0.3, -0.25) is 4.79 Å². The van der Waals surface area contributed by atoms with Crippen LogP contribution in [0.25, 0.3) is 0 Å². The first-order chi connectivity index (χ1) is 5.68. The summed E-state index contributed by atoms with van der Waals surface area (Å²) < 4.78 is 5.40. The molecule has 0 bridgehead atoms. The predicted octanol–water partition coefficient (Wildman–Crippen LogP) is 2.35. The second-order valence-electron chi connectivity index (χ2n) is 3.50. The summed E-state index contributed by atoms with van der Waals surface area (Å²) in [7, 11) is 0. The van der Waals surface area contributed by atoms with Crippen molar-refractivity contribution in [1.29, 1.82) is 0 Å². The van der Waals surface area contributed by atoms with Crippen LogP contribution in [0.5, 0.6) is 0 Å². The summed E-state index contributed by atoms with van der Waals surface area (Å²) in [6.45, 7) is 3.86. The van der Waals surface area contributed by atoms with E-state index in [0.29, 0.717) is 0 Å². The van der Waals surface area contributed by atoms with Crippen LogP contribution in [-0.2, 0) is 6.42 Å². The minimum Gasteiger partial charge on any atom is -0.466 e. The third kappa shape index (κ3) is 0.986. The first-order valence-electron chi connectivity index (χ1n) is 4.32. The van der Waals surface area contributed by atoms with E-state index in [1.54, 1.807) is 0 Å². The molecule has 0 aromatic carbocycles. The minimum atomic E-state index is 0.175. The fourth-order valence-corrected chi connectivity index (χ4v) is 1.70. The highest BCUT2D eigenvalue weighted by Gasteiger charge is 2.26. The van der Waals surface area contributed by atoms with Crippen molar-refractivity contribution in [2.45, 2.75) is 26.7 Å². The Bertz CT molecular complexity index is 323. The monoisotopic (exact) mass is 164 g/mol. The SMILES string of the molecule is Cc1cc2c(o1)CCC(C)C2=O. The smallest absolute Gasteiger partial charge is 0.169 e. The maximum atomic E-state index is 11.6. The highest BCUT2D eigenvalue weighted by molar-refractivity contribution is 5.99. The average Bonchev–Trinajstić information content (AvgIpc) is 2.39. The lowest BCUT2D eigenvalue weighted by molar-refractivity contribution is 0.0909. The molecule has 0 aliphatic heterocycles. The van der Waals surface area contributed by atoms with Gasteiger partial charge < -0.3 is 4.42 Å². The molecule has 0 saturated carbocycles. The molecule has 1 heterocycles. The molecule has 0 N–H and O–H groups in total. The molecule has 12 heavy (non-hydrogen) atoms. The number of ketones is 1. The van der Waals surface area contributed by atoms with Gasteiger partial charge in [0.2, 0.25) is 0 Å². The van der Waals surface area contributed by atoms with Crippen LogP contribution in [0.4, 0.5) is 0 Å². The minimum absolute atomic E-state index is 0.175. The summed E-state index contributed by atoms with van der Waals surface area (Å²) in [5.41, 5.74) is 0.811. The molecule has 2 nitrogen and oxygen atoms in total. The van der Waals surface area contributed by atoms with E-state index in [2.05, 4.69) is 0 Å². The van der Waals surface area contributed by atoms with E-state index in [1.807, 2.05) is 19.9 Å². The maximum Gasteiger partial charge on any atom is 0.169 e. The molecular formula is C10H12O2. The Hall–Kier alpha value is -1.05. The molecule has 2 heteroatoms. The number of furan rings is 1. The largest absolute Gasteiger partial charge is 0.466 e. The quantitative estimate of drug-likeness (QED) is 0.589. The third-order valence-corrected chi connectivity index (χ3v) is 2.45. The van der Waals surface area contributed by atoms with E-state index in [1.165, 1.54) is 0 Å². The first-order valence-corrected chi connectivity index (χ1v) is 4.32. The summed E-state index contributed by atoms with van der Waals surface area (Å²) >= 11 is 0. The van der Waals surface area contributed by atoms with Crippen LogP contribution < -0.4 is 0 Å². The lowest BCUT2D eigenvalue weighted by Crippen LogP contribution is -2.18. The second kappa shape index (κ2) is 2.47. The number of fused-ring (bicyclic) bond motifs is 1. The predicted molar refractivity (Wildman–Crippen MR) is 45.3 cm³/mol. The van der Waals surface area contributed by atoms with E-state index in [4.69, 9.17) is 4.42 Å². The van der Waals surface area contributed by atoms with Gasteiger partial charge in [0.05, 0.1) is 5.56 Å². The molecule has 1 aromatic heterocycles. The number of carbonyl (C=O) groups is 1. The van der Waals surface area contributed by atoms with Crippen molar-refractivity contribution in [1.82, 2.24) is 0 Å². The van der Waals surface area contributed by atoms with Crippen molar-refractivity contribution in [2.24, 2.45) is 5.92 Å². The molecule has 2 rings (SSSR count). The van der Waals surface area contributed by atoms with Crippen molar-refractivity contribution in [3.8, 4) is 0 Å². The van der Waals surface area contributed by atoms with Gasteiger partial charge in [-0.15, -0.1) is 0 Å². The lowest BCUT2D eigenvalue weighted by Gasteiger charge is -2.14. The summed E-state index contributed by atoms with van der Waals surface area (Å²) in [5, 5.41) is 0. The molecule has 1 aliphatic rings. The van der Waals surface area contributed by atoms with E-state index in [0.717, 1.165) is 29.9 Å².